The molecule has 0 saturated carbocycles. The molecule has 11 nitrogen and oxygen atoms in total. The van der Waals surface area contributed by atoms with Crippen LogP contribution in [0.5, 0.6) is 5.75 Å². The summed E-state index contributed by atoms with van der Waals surface area (Å²) in [6, 6.07) is 2.25. The van der Waals surface area contributed by atoms with E-state index in [1.807, 2.05) is 0 Å². The Balaban J connectivity index is 2.10. The lowest BCUT2D eigenvalue weighted by Gasteiger charge is -2.40. The number of rotatable bonds is 7. The van der Waals surface area contributed by atoms with Gasteiger partial charge in [-0.3, -0.25) is 24.3 Å². The summed E-state index contributed by atoms with van der Waals surface area (Å²) in [6.07, 6.45) is 3.55. The van der Waals surface area contributed by atoms with Crippen LogP contribution in [0.15, 0.2) is 34.0 Å². The van der Waals surface area contributed by atoms with Crippen molar-refractivity contribution in [2.75, 3.05) is 20.3 Å². The minimum absolute atomic E-state index is 0.0744. The molecule has 0 N–H and O–H groups in total. The Labute approximate surface area is 228 Å². The number of carbonyl (C=O) groups excluding carboxylic acids is 1. The lowest BCUT2D eigenvalue weighted by atomic mass is 9.94. The Kier molecular flexibility index (Phi) is 8.42. The summed E-state index contributed by atoms with van der Waals surface area (Å²) in [6.45, 7) is 12.6. The fourth-order valence-corrected chi connectivity index (χ4v) is 5.38. The van der Waals surface area contributed by atoms with E-state index < -0.39 is 36.4 Å². The molecule has 0 fully saturated rings. The Morgan fingerprint density at radius 1 is 1.21 bits per heavy atom. The predicted molar refractivity (Wildman–Crippen MR) is 152 cm³/mol. The third-order valence-electron chi connectivity index (χ3n) is 7.87. The smallest absolute Gasteiger partial charge is 0.330 e. The highest BCUT2D eigenvalue weighted by Crippen LogP contribution is 2.38. The van der Waals surface area contributed by atoms with Gasteiger partial charge in [-0.25, -0.2) is 4.79 Å². The maximum atomic E-state index is 13.9. The van der Waals surface area contributed by atoms with E-state index in [4.69, 9.17) is 9.16 Å². The molecule has 0 radical (unpaired) electrons. The second-order valence-corrected chi connectivity index (χ2v) is 16.3. The summed E-state index contributed by atoms with van der Waals surface area (Å²) in [5, 5.41) is 11.8. The molecular formula is C27H38N4O7Si. The topological polar surface area (TPSA) is 126 Å². The number of nitrogens with zero attached hydrogens (tertiary/aromatic N) is 4. The molecule has 1 aliphatic rings. The highest BCUT2D eigenvalue weighted by Gasteiger charge is 2.40. The maximum Gasteiger partial charge on any atom is 0.330 e. The van der Waals surface area contributed by atoms with Gasteiger partial charge in [-0.15, -0.1) is 0 Å². The summed E-state index contributed by atoms with van der Waals surface area (Å²) in [4.78, 5) is 51.9. The van der Waals surface area contributed by atoms with Gasteiger partial charge in [0.2, 0.25) is 0 Å². The van der Waals surface area contributed by atoms with Crippen LogP contribution < -0.4 is 16.0 Å². The normalized spacial score (nSPS) is 16.2. The number of methoxy groups -OCH3 is 1. The Bertz CT molecular complexity index is 1450. The molecule has 39 heavy (non-hydrogen) atoms. The molecule has 3 rings (SSSR count). The molecule has 1 atom stereocenters. The van der Waals surface area contributed by atoms with E-state index in [2.05, 4.69) is 33.9 Å². The quantitative estimate of drug-likeness (QED) is 0.289. The van der Waals surface area contributed by atoms with Gasteiger partial charge in [0.25, 0.3) is 17.2 Å². The molecule has 1 aromatic heterocycles. The lowest BCUT2D eigenvalue weighted by molar-refractivity contribution is -0.385. The summed E-state index contributed by atoms with van der Waals surface area (Å²) < 4.78 is 14.2. The van der Waals surface area contributed by atoms with E-state index in [0.717, 1.165) is 4.57 Å². The summed E-state index contributed by atoms with van der Waals surface area (Å²) in [5.74, 6) is -0.146. The van der Waals surface area contributed by atoms with Gasteiger partial charge < -0.3 is 18.6 Å². The zero-order chi connectivity index (χ0) is 29.4. The van der Waals surface area contributed by atoms with Crippen molar-refractivity contribution >= 4 is 25.5 Å². The van der Waals surface area contributed by atoms with E-state index in [-0.39, 0.29) is 35.9 Å². The Hall–Kier alpha value is -3.51. The summed E-state index contributed by atoms with van der Waals surface area (Å²) in [7, 11) is 2.23. The average molecular weight is 559 g/mol. The van der Waals surface area contributed by atoms with Gasteiger partial charge in [-0.2, -0.15) is 0 Å². The highest BCUT2D eigenvalue weighted by molar-refractivity contribution is 6.74. The largest absolute Gasteiger partial charge is 0.496 e. The standard InChI is InChI=1S/C27H38N4O7Si/c1-17-12-22(31(35)36)20(14-23(17)37-7)25(33)30-11-10-18(21-15-28(5)26(34)29(6)24(21)32)13-19(30)16-38-39(8,9)27(2,3)4/h10,12,14-15,19H,11,13,16H2,1-9H3/t19-/m0/s1. The average Bonchev–Trinajstić information content (AvgIpc) is 2.86. The van der Waals surface area contributed by atoms with Crippen LogP contribution in [0.1, 0.15) is 48.7 Å². The van der Waals surface area contributed by atoms with Crippen LogP contribution in [0.25, 0.3) is 5.57 Å². The molecule has 2 heterocycles. The van der Waals surface area contributed by atoms with Gasteiger partial charge in [0, 0.05) is 39.0 Å². The first-order valence-electron chi connectivity index (χ1n) is 12.7. The highest BCUT2D eigenvalue weighted by atomic mass is 28.4. The monoisotopic (exact) mass is 558 g/mol. The van der Waals surface area contributed by atoms with Gasteiger partial charge in [-0.1, -0.05) is 26.8 Å². The maximum absolute atomic E-state index is 13.9. The number of nitro groups is 1. The van der Waals surface area contributed by atoms with E-state index in [0.29, 0.717) is 22.4 Å². The number of aromatic nitrogens is 2. The molecule has 1 aliphatic heterocycles. The number of benzene rings is 1. The van der Waals surface area contributed by atoms with Crippen LogP contribution in [-0.4, -0.2) is 59.5 Å². The van der Waals surface area contributed by atoms with Gasteiger partial charge >= 0.3 is 5.69 Å². The molecule has 0 saturated heterocycles. The van der Waals surface area contributed by atoms with E-state index >= 15 is 0 Å². The predicted octanol–water partition coefficient (Wildman–Crippen LogP) is 3.63. The van der Waals surface area contributed by atoms with Crippen LogP contribution in [0.3, 0.4) is 0 Å². The molecular weight excluding hydrogens is 520 g/mol. The Morgan fingerprint density at radius 2 is 1.85 bits per heavy atom. The number of hydrogen-bond donors (Lipinski definition) is 0. The molecule has 0 unspecified atom stereocenters. The van der Waals surface area contributed by atoms with Gasteiger partial charge in [0.1, 0.15) is 11.3 Å². The number of ether oxygens (including phenoxy) is 1. The third kappa shape index (κ3) is 5.91. The summed E-state index contributed by atoms with van der Waals surface area (Å²) in [5.41, 5.74) is 0.369. The molecule has 1 amide bonds. The summed E-state index contributed by atoms with van der Waals surface area (Å²) >= 11 is 0. The van der Waals surface area contributed by atoms with Crippen LogP contribution in [0.2, 0.25) is 18.1 Å². The third-order valence-corrected chi connectivity index (χ3v) is 12.4. The molecule has 1 aromatic carbocycles. The first-order valence-corrected chi connectivity index (χ1v) is 15.6. The van der Waals surface area contributed by atoms with Crippen molar-refractivity contribution in [2.24, 2.45) is 14.1 Å². The second-order valence-electron chi connectivity index (χ2n) is 11.5. The number of hydrogen-bond acceptors (Lipinski definition) is 7. The van der Waals surface area contributed by atoms with Crippen LogP contribution in [0.4, 0.5) is 5.69 Å². The number of nitro benzene ring substituents is 1. The molecule has 0 bridgehead atoms. The Morgan fingerprint density at radius 3 is 2.41 bits per heavy atom. The van der Waals surface area contributed by atoms with E-state index in [1.54, 1.807) is 24.9 Å². The van der Waals surface area contributed by atoms with Gasteiger partial charge in [-0.05, 0) is 42.6 Å². The minimum Gasteiger partial charge on any atom is -0.496 e. The fourth-order valence-electron chi connectivity index (χ4n) is 4.34. The molecule has 2 aromatic rings. The number of aryl methyl sites for hydroxylation is 2. The van der Waals surface area contributed by atoms with Crippen LogP contribution >= 0.6 is 0 Å². The second kappa shape index (κ2) is 10.9. The minimum atomic E-state index is -2.22. The van der Waals surface area contributed by atoms with Crippen LogP contribution in [0, 0.1) is 17.0 Å². The van der Waals surface area contributed by atoms with Crippen molar-refractivity contribution in [1.82, 2.24) is 14.0 Å². The zero-order valence-corrected chi connectivity index (χ0v) is 25.2. The van der Waals surface area contributed by atoms with Crippen molar-refractivity contribution in [3.63, 3.8) is 0 Å². The van der Waals surface area contributed by atoms with Gasteiger partial charge in [0.05, 0.1) is 30.2 Å². The molecule has 12 heteroatoms. The molecule has 0 aliphatic carbocycles. The molecule has 212 valence electrons. The fraction of sp³-hybridized carbons (Fsp3) is 0.519. The zero-order valence-electron chi connectivity index (χ0n) is 24.2. The molecule has 0 spiro atoms. The lowest BCUT2D eigenvalue weighted by Crippen LogP contribution is -2.50. The van der Waals surface area contributed by atoms with Crippen molar-refractivity contribution in [2.45, 2.75) is 58.3 Å². The van der Waals surface area contributed by atoms with Gasteiger partial charge in [0.15, 0.2) is 8.32 Å². The SMILES string of the molecule is COc1cc(C(=O)N2CC=C(c3cn(C)c(=O)n(C)c3=O)C[C@H]2CO[Si](C)(C)C(C)(C)C)c([N+](=O)[O-])cc1C. The van der Waals surface area contributed by atoms with Crippen molar-refractivity contribution in [3.8, 4) is 5.75 Å². The number of amides is 1. The van der Waals surface area contributed by atoms with Crippen molar-refractivity contribution in [3.05, 3.63) is 72.0 Å². The van der Waals surface area contributed by atoms with Crippen LogP contribution in [-0.2, 0) is 18.5 Å². The van der Waals surface area contributed by atoms with E-state index in [9.17, 15) is 24.5 Å². The first kappa shape index (κ1) is 30.0. The number of carbonyl (C=O) groups is 1. The van der Waals surface area contributed by atoms with E-state index in [1.165, 1.54) is 37.1 Å². The van der Waals surface area contributed by atoms with Crippen molar-refractivity contribution in [1.29, 1.82) is 0 Å². The van der Waals surface area contributed by atoms with Crippen molar-refractivity contribution < 1.29 is 18.9 Å². The first-order chi connectivity index (χ1) is 18.0.